The van der Waals surface area contributed by atoms with Crippen LogP contribution in [0.4, 0.5) is 10.1 Å². The van der Waals surface area contributed by atoms with Crippen LogP contribution in [0.3, 0.4) is 0 Å². The first-order chi connectivity index (χ1) is 16.4. The van der Waals surface area contributed by atoms with Gasteiger partial charge in [-0.1, -0.05) is 73.3 Å². The van der Waals surface area contributed by atoms with Crippen LogP contribution in [0.15, 0.2) is 103 Å². The first-order valence-electron chi connectivity index (χ1n) is 10.7. The Morgan fingerprint density at radius 1 is 0.971 bits per heavy atom. The Kier molecular flexibility index (Phi) is 5.23. The third-order valence-corrected chi connectivity index (χ3v) is 6.01. The highest BCUT2D eigenvalue weighted by Crippen LogP contribution is 2.45. The molecule has 0 aromatic heterocycles. The van der Waals surface area contributed by atoms with Crippen LogP contribution in [0.25, 0.3) is 10.8 Å². The molecule has 1 heterocycles. The monoisotopic (exact) mass is 453 g/mol. The fourth-order valence-corrected chi connectivity index (χ4v) is 4.26. The van der Waals surface area contributed by atoms with Gasteiger partial charge >= 0.3 is 5.97 Å². The molecule has 0 bridgehead atoms. The van der Waals surface area contributed by atoms with Crippen LogP contribution in [0, 0.1) is 5.82 Å². The Morgan fingerprint density at radius 2 is 1.68 bits per heavy atom. The van der Waals surface area contributed by atoms with Crippen molar-refractivity contribution in [1.29, 1.82) is 0 Å². The largest absolute Gasteiger partial charge is 0.422 e. The maximum Gasteiger partial charge on any atom is 0.342 e. The zero-order valence-corrected chi connectivity index (χ0v) is 18.1. The van der Waals surface area contributed by atoms with Crippen molar-refractivity contribution in [3.05, 3.63) is 120 Å². The fraction of sp³-hybridized carbons (Fsp3) is 0.0714. The molecule has 168 valence electrons. The molecule has 4 aromatic carbocycles. The molecule has 1 amide bonds. The van der Waals surface area contributed by atoms with E-state index in [1.54, 1.807) is 18.2 Å². The molecule has 0 saturated carbocycles. The first kappa shape index (κ1) is 21.6. The summed E-state index contributed by atoms with van der Waals surface area (Å²) in [6, 6.07) is 25.4. The summed E-state index contributed by atoms with van der Waals surface area (Å²) >= 11 is 0. The molecule has 0 unspecified atom stereocenters. The Bertz CT molecular complexity index is 1440. The van der Waals surface area contributed by atoms with Gasteiger partial charge in [0.2, 0.25) is 5.60 Å². The Labute approximate surface area is 195 Å². The van der Waals surface area contributed by atoms with Crippen molar-refractivity contribution in [2.75, 3.05) is 4.90 Å². The topological polar surface area (TPSA) is 66.8 Å². The molecule has 0 radical (unpaired) electrons. The van der Waals surface area contributed by atoms with Crippen LogP contribution >= 0.6 is 0 Å². The van der Waals surface area contributed by atoms with Crippen molar-refractivity contribution < 1.29 is 23.8 Å². The maximum atomic E-state index is 14.2. The molecule has 1 aliphatic heterocycles. The predicted molar refractivity (Wildman–Crippen MR) is 127 cm³/mol. The summed E-state index contributed by atoms with van der Waals surface area (Å²) in [6.07, 6.45) is 0. The summed E-state index contributed by atoms with van der Waals surface area (Å²) in [4.78, 5) is 27.9. The Balaban J connectivity index is 1.51. The third-order valence-electron chi connectivity index (χ3n) is 6.01. The maximum absolute atomic E-state index is 14.2. The number of carbonyl (C=O) groups excluding carboxylic acids is 2. The first-order valence-corrected chi connectivity index (χ1v) is 10.7. The highest BCUT2D eigenvalue weighted by Gasteiger charge is 2.54. The highest BCUT2D eigenvalue weighted by atomic mass is 19.1. The van der Waals surface area contributed by atoms with Crippen molar-refractivity contribution in [1.82, 2.24) is 0 Å². The minimum atomic E-state index is -2.46. The molecule has 0 saturated heterocycles. The number of anilines is 1. The van der Waals surface area contributed by atoms with Crippen molar-refractivity contribution in [2.24, 2.45) is 0 Å². The number of halogens is 1. The Morgan fingerprint density at radius 3 is 2.47 bits per heavy atom. The molecule has 6 heteroatoms. The van der Waals surface area contributed by atoms with Crippen LogP contribution in [-0.2, 0) is 21.7 Å². The summed E-state index contributed by atoms with van der Waals surface area (Å²) < 4.78 is 19.7. The van der Waals surface area contributed by atoms with Gasteiger partial charge < -0.3 is 14.7 Å². The number of hydrogen-bond donors (Lipinski definition) is 1. The van der Waals surface area contributed by atoms with Gasteiger partial charge in [0.15, 0.2) is 0 Å². The lowest BCUT2D eigenvalue weighted by Crippen LogP contribution is -2.44. The van der Waals surface area contributed by atoms with E-state index in [0.29, 0.717) is 11.1 Å². The van der Waals surface area contributed by atoms with Gasteiger partial charge in [0, 0.05) is 10.9 Å². The van der Waals surface area contributed by atoms with E-state index in [9.17, 15) is 19.1 Å². The summed E-state index contributed by atoms with van der Waals surface area (Å²) in [5.74, 6) is -2.17. The normalized spacial score (nSPS) is 17.0. The molecule has 0 aliphatic carbocycles. The van der Waals surface area contributed by atoms with Crippen molar-refractivity contribution in [2.45, 2.75) is 12.1 Å². The number of fused-ring (bicyclic) bond motifs is 2. The van der Waals surface area contributed by atoms with Gasteiger partial charge in [0.1, 0.15) is 11.6 Å². The van der Waals surface area contributed by atoms with E-state index in [2.05, 4.69) is 6.58 Å². The van der Waals surface area contributed by atoms with Crippen molar-refractivity contribution in [3.8, 4) is 5.75 Å². The smallest absolute Gasteiger partial charge is 0.342 e. The zero-order valence-electron chi connectivity index (χ0n) is 18.1. The molecular weight excluding hydrogens is 433 g/mol. The van der Waals surface area contributed by atoms with Crippen LogP contribution < -0.4 is 9.64 Å². The summed E-state index contributed by atoms with van der Waals surface area (Å²) in [5.41, 5.74) is -1.90. The van der Waals surface area contributed by atoms with E-state index >= 15 is 0 Å². The number of hydrogen-bond acceptors (Lipinski definition) is 4. The minimum Gasteiger partial charge on any atom is -0.422 e. The van der Waals surface area contributed by atoms with Gasteiger partial charge in [-0.05, 0) is 35.2 Å². The number of nitrogens with zero attached hydrogens (tertiary/aromatic N) is 1. The molecule has 0 spiro atoms. The average Bonchev–Trinajstić information content (AvgIpc) is 3.06. The van der Waals surface area contributed by atoms with Gasteiger partial charge in [0.25, 0.3) is 5.91 Å². The number of esters is 1. The molecule has 5 nitrogen and oxygen atoms in total. The average molecular weight is 453 g/mol. The second kappa shape index (κ2) is 8.24. The Hall–Kier alpha value is -4.29. The number of rotatable bonds is 5. The van der Waals surface area contributed by atoms with E-state index < -0.39 is 28.9 Å². The van der Waals surface area contributed by atoms with E-state index in [4.69, 9.17) is 4.74 Å². The zero-order chi connectivity index (χ0) is 23.9. The summed E-state index contributed by atoms with van der Waals surface area (Å²) in [7, 11) is 0. The lowest BCUT2D eigenvalue weighted by Gasteiger charge is -2.24. The van der Waals surface area contributed by atoms with Crippen LogP contribution in [0.2, 0.25) is 0 Å². The number of amides is 1. The predicted octanol–water partition coefficient (Wildman–Crippen LogP) is 4.88. The van der Waals surface area contributed by atoms with Gasteiger partial charge in [0.05, 0.1) is 17.8 Å². The molecule has 1 atom stereocenters. The minimum absolute atomic E-state index is 0.0479. The summed E-state index contributed by atoms with van der Waals surface area (Å²) in [6.45, 7) is 3.84. The lowest BCUT2D eigenvalue weighted by atomic mass is 9.88. The number of carbonyl (C=O) groups is 2. The SMILES string of the molecule is C=C(C(=O)Oc1cccc2ccccc12)[C@]1(O)C(=O)N(Cc2ccccc2)c2ccc(F)cc21. The van der Waals surface area contributed by atoms with Gasteiger partial charge in [-0.3, -0.25) is 4.79 Å². The molecule has 34 heavy (non-hydrogen) atoms. The highest BCUT2D eigenvalue weighted by molar-refractivity contribution is 6.14. The third kappa shape index (κ3) is 3.45. The second-order valence-electron chi connectivity index (χ2n) is 8.09. The molecule has 5 rings (SSSR count). The van der Waals surface area contributed by atoms with Crippen molar-refractivity contribution >= 4 is 28.3 Å². The number of ether oxygens (including phenoxy) is 1. The van der Waals surface area contributed by atoms with Gasteiger partial charge in [-0.2, -0.15) is 0 Å². The van der Waals surface area contributed by atoms with Crippen molar-refractivity contribution in [3.63, 3.8) is 0 Å². The molecule has 1 aliphatic rings. The molecular formula is C28H20FNO4. The number of benzene rings is 4. The van der Waals surface area contributed by atoms with E-state index in [1.165, 1.54) is 17.0 Å². The van der Waals surface area contributed by atoms with E-state index in [0.717, 1.165) is 17.0 Å². The lowest BCUT2D eigenvalue weighted by molar-refractivity contribution is -0.140. The van der Waals surface area contributed by atoms with E-state index in [-0.39, 0.29) is 17.9 Å². The van der Waals surface area contributed by atoms with Gasteiger partial charge in [-0.15, -0.1) is 0 Å². The molecule has 4 aromatic rings. The van der Waals surface area contributed by atoms with E-state index in [1.807, 2.05) is 54.6 Å². The second-order valence-corrected chi connectivity index (χ2v) is 8.09. The van der Waals surface area contributed by atoms with Gasteiger partial charge in [-0.25, -0.2) is 9.18 Å². The standard InChI is InChI=1S/C28H20FNO4/c1-18(26(31)34-25-13-7-11-20-10-5-6-12-22(20)25)28(33)23-16-21(29)14-15-24(23)30(27(28)32)17-19-8-3-2-4-9-19/h2-16,33H,1,17H2/t28-/m1/s1. The van der Waals surface area contributed by atoms with Crippen LogP contribution in [-0.4, -0.2) is 17.0 Å². The quantitative estimate of drug-likeness (QED) is 0.266. The van der Waals surface area contributed by atoms with Crippen LogP contribution in [0.1, 0.15) is 11.1 Å². The van der Waals surface area contributed by atoms with Crippen LogP contribution in [0.5, 0.6) is 5.75 Å². The number of aliphatic hydroxyl groups is 1. The summed E-state index contributed by atoms with van der Waals surface area (Å²) in [5, 5.41) is 13.1. The fourth-order valence-electron chi connectivity index (χ4n) is 4.26. The molecule has 0 fully saturated rings. The molecule has 1 N–H and O–H groups in total.